The van der Waals surface area contributed by atoms with E-state index in [0.29, 0.717) is 17.5 Å². The summed E-state index contributed by atoms with van der Waals surface area (Å²) in [6.07, 6.45) is 9.43. The van der Waals surface area contributed by atoms with E-state index in [0.717, 1.165) is 34.5 Å². The van der Waals surface area contributed by atoms with Gasteiger partial charge in [-0.05, 0) is 88.5 Å². The van der Waals surface area contributed by atoms with Gasteiger partial charge in [0, 0.05) is 28.4 Å². The molecule has 4 fully saturated rings. The van der Waals surface area contributed by atoms with Crippen molar-refractivity contribution >= 4 is 16.7 Å². The molecule has 190 valence electrons. The van der Waals surface area contributed by atoms with Crippen molar-refractivity contribution in [2.45, 2.75) is 78.4 Å². The van der Waals surface area contributed by atoms with E-state index in [4.69, 9.17) is 0 Å². The highest BCUT2D eigenvalue weighted by Gasteiger charge is 2.53. The van der Waals surface area contributed by atoms with E-state index in [1.807, 2.05) is 24.5 Å². The summed E-state index contributed by atoms with van der Waals surface area (Å²) >= 11 is 0. The topological polar surface area (TPSA) is 68.9 Å². The average Bonchev–Trinajstić information content (AvgIpc) is 3.06. The Bertz CT molecular complexity index is 1370. The fourth-order valence-electron chi connectivity index (χ4n) is 8.08. The van der Waals surface area contributed by atoms with Gasteiger partial charge in [-0.3, -0.25) is 9.59 Å². The molecule has 0 unspecified atom stereocenters. The Balaban J connectivity index is 1.22. The van der Waals surface area contributed by atoms with Gasteiger partial charge in [0.05, 0.1) is 18.1 Å². The van der Waals surface area contributed by atoms with Gasteiger partial charge in [-0.15, -0.1) is 0 Å². The summed E-state index contributed by atoms with van der Waals surface area (Å²) in [5.74, 6) is 2.03. The molecule has 4 bridgehead atoms. The van der Waals surface area contributed by atoms with Crippen LogP contribution in [0.2, 0.25) is 0 Å². The third-order valence-corrected chi connectivity index (χ3v) is 9.57. The second-order valence-electron chi connectivity index (χ2n) is 11.8. The summed E-state index contributed by atoms with van der Waals surface area (Å²) in [5, 5.41) is 8.87. The predicted molar refractivity (Wildman–Crippen MR) is 137 cm³/mol. The van der Waals surface area contributed by atoms with Crippen LogP contribution >= 0.6 is 0 Å². The normalized spacial score (nSPS) is 27.5. The molecule has 4 aliphatic carbocycles. The Morgan fingerprint density at radius 2 is 1.75 bits per heavy atom. The average molecular weight is 491 g/mol. The Hall–Kier alpha value is -2.96. The molecule has 2 aromatic heterocycles. The van der Waals surface area contributed by atoms with E-state index in [9.17, 15) is 14.0 Å². The summed E-state index contributed by atoms with van der Waals surface area (Å²) < 4.78 is 17.5. The van der Waals surface area contributed by atoms with Crippen molar-refractivity contribution in [3.8, 4) is 0 Å². The van der Waals surface area contributed by atoms with Crippen molar-refractivity contribution in [2.75, 3.05) is 0 Å². The molecule has 1 amide bonds. The molecular formula is C29H35FN4O2. The zero-order valence-electron chi connectivity index (χ0n) is 21.4. The number of carbonyl (C=O) groups excluding carboxylic acids is 1. The molecule has 1 N–H and O–H groups in total. The number of nitrogens with zero attached hydrogens (tertiary/aromatic N) is 3. The third kappa shape index (κ3) is 3.78. The fraction of sp³-hybridized carbons (Fsp3) is 0.552. The predicted octanol–water partition coefficient (Wildman–Crippen LogP) is 4.72. The lowest BCUT2D eigenvalue weighted by atomic mass is 9.48. The molecule has 4 aliphatic rings. The number of carbonyl (C=O) groups is 1. The quantitative estimate of drug-likeness (QED) is 0.544. The van der Waals surface area contributed by atoms with Crippen LogP contribution in [0.15, 0.2) is 35.3 Å². The molecule has 0 aliphatic heterocycles. The second kappa shape index (κ2) is 8.56. The zero-order valence-corrected chi connectivity index (χ0v) is 21.4. The summed E-state index contributed by atoms with van der Waals surface area (Å²) in [6, 6.07) is 6.78. The number of aromatic nitrogens is 3. The number of amides is 1. The molecule has 7 rings (SSSR count). The Kier molecular flexibility index (Phi) is 5.58. The van der Waals surface area contributed by atoms with Crippen molar-refractivity contribution < 1.29 is 9.18 Å². The number of hydrogen-bond donors (Lipinski definition) is 1. The summed E-state index contributed by atoms with van der Waals surface area (Å²) in [5.41, 5.74) is 2.12. The minimum Gasteiger partial charge on any atom is -0.351 e. The molecule has 1 atom stereocenters. The number of aryl methyl sites for hydroxylation is 2. The van der Waals surface area contributed by atoms with Crippen LogP contribution < -0.4 is 10.9 Å². The van der Waals surface area contributed by atoms with Crippen LogP contribution in [0.5, 0.6) is 0 Å². The maximum atomic E-state index is 14.3. The van der Waals surface area contributed by atoms with Crippen LogP contribution in [0.1, 0.15) is 62.4 Å². The van der Waals surface area contributed by atoms with E-state index in [1.165, 1.54) is 49.3 Å². The van der Waals surface area contributed by atoms with E-state index in [-0.39, 0.29) is 35.3 Å². The van der Waals surface area contributed by atoms with Gasteiger partial charge in [-0.1, -0.05) is 18.2 Å². The fourth-order valence-corrected chi connectivity index (χ4v) is 8.08. The lowest BCUT2D eigenvalue weighted by molar-refractivity contribution is -0.126. The molecule has 6 nitrogen and oxygen atoms in total. The number of nitrogens with one attached hydrogen (secondary N) is 1. The van der Waals surface area contributed by atoms with Gasteiger partial charge >= 0.3 is 0 Å². The second-order valence-corrected chi connectivity index (χ2v) is 11.8. The van der Waals surface area contributed by atoms with Crippen LogP contribution in [-0.4, -0.2) is 26.3 Å². The molecular weight excluding hydrogens is 455 g/mol. The number of hydrogen-bond acceptors (Lipinski definition) is 3. The minimum atomic E-state index is -0.280. The standard InChI is InChI=1S/C29H35FN4O2/c1-17-24-14-31-34(28(36)27(24)18(2)33(17)15-23-6-4-5-7-25(23)30)16-26(35)32-19(3)29-11-20-8-21(12-29)10-22(9-20)13-29/h4-7,14,19-22H,8-13,15-16H2,1-3H3,(H,32,35)/t19-,20?,21?,22?,29?/m0/s1. The first-order valence-electron chi connectivity index (χ1n) is 13.3. The van der Waals surface area contributed by atoms with Gasteiger partial charge in [0.2, 0.25) is 5.91 Å². The number of benzene rings is 1. The van der Waals surface area contributed by atoms with E-state index >= 15 is 0 Å². The van der Waals surface area contributed by atoms with Crippen LogP contribution in [0.4, 0.5) is 4.39 Å². The first kappa shape index (κ1) is 23.4. The minimum absolute atomic E-state index is 0.0948. The van der Waals surface area contributed by atoms with Crippen LogP contribution in [0.25, 0.3) is 10.8 Å². The molecule has 0 saturated heterocycles. The van der Waals surface area contributed by atoms with Gasteiger partial charge in [0.15, 0.2) is 0 Å². The summed E-state index contributed by atoms with van der Waals surface area (Å²) in [4.78, 5) is 26.5. The van der Waals surface area contributed by atoms with Crippen LogP contribution in [0, 0.1) is 42.8 Å². The zero-order chi connectivity index (χ0) is 25.2. The van der Waals surface area contributed by atoms with Crippen LogP contribution in [-0.2, 0) is 17.9 Å². The van der Waals surface area contributed by atoms with Crippen molar-refractivity contribution in [1.82, 2.24) is 19.7 Å². The highest BCUT2D eigenvalue weighted by Crippen LogP contribution is 2.61. The number of halogens is 1. The molecule has 0 spiro atoms. The Morgan fingerprint density at radius 3 is 2.39 bits per heavy atom. The van der Waals surface area contributed by atoms with Crippen molar-refractivity contribution in [3.63, 3.8) is 0 Å². The molecule has 1 aromatic carbocycles. The smallest absolute Gasteiger partial charge is 0.276 e. The van der Waals surface area contributed by atoms with Gasteiger partial charge < -0.3 is 9.88 Å². The Morgan fingerprint density at radius 1 is 1.11 bits per heavy atom. The Labute approximate surface area is 210 Å². The molecule has 4 saturated carbocycles. The lowest BCUT2D eigenvalue weighted by Crippen LogP contribution is -2.56. The van der Waals surface area contributed by atoms with Gasteiger partial charge in [-0.2, -0.15) is 5.10 Å². The lowest BCUT2D eigenvalue weighted by Gasteiger charge is -2.59. The van der Waals surface area contributed by atoms with E-state index < -0.39 is 0 Å². The molecule has 36 heavy (non-hydrogen) atoms. The first-order valence-corrected chi connectivity index (χ1v) is 13.3. The molecule has 0 radical (unpaired) electrons. The molecule has 2 heterocycles. The maximum absolute atomic E-state index is 14.3. The summed E-state index contributed by atoms with van der Waals surface area (Å²) in [6.45, 7) is 6.18. The van der Waals surface area contributed by atoms with Crippen molar-refractivity contribution in [3.05, 3.63) is 63.6 Å². The maximum Gasteiger partial charge on any atom is 0.276 e. The first-order chi connectivity index (χ1) is 17.2. The molecule has 7 heteroatoms. The third-order valence-electron chi connectivity index (χ3n) is 9.57. The highest BCUT2D eigenvalue weighted by molar-refractivity contribution is 5.87. The van der Waals surface area contributed by atoms with Gasteiger partial charge in [0.25, 0.3) is 5.56 Å². The monoisotopic (exact) mass is 490 g/mol. The van der Waals surface area contributed by atoms with Crippen LogP contribution in [0.3, 0.4) is 0 Å². The number of fused-ring (bicyclic) bond motifs is 1. The SMILES string of the molecule is Cc1c2cnn(CC(=O)N[C@@H](C)C34CC5CC(CC(C5)C3)C4)c(=O)c2c(C)n1Cc1ccccc1F. The van der Waals surface area contributed by atoms with E-state index in [1.54, 1.807) is 18.3 Å². The van der Waals surface area contributed by atoms with Crippen molar-refractivity contribution in [2.24, 2.45) is 23.2 Å². The van der Waals surface area contributed by atoms with Gasteiger partial charge in [-0.25, -0.2) is 9.07 Å². The van der Waals surface area contributed by atoms with Gasteiger partial charge in [0.1, 0.15) is 12.4 Å². The van der Waals surface area contributed by atoms with E-state index in [2.05, 4.69) is 17.3 Å². The largest absolute Gasteiger partial charge is 0.351 e. The number of rotatable bonds is 6. The summed E-state index contributed by atoms with van der Waals surface area (Å²) in [7, 11) is 0. The molecule has 3 aromatic rings. The van der Waals surface area contributed by atoms with Crippen molar-refractivity contribution in [1.29, 1.82) is 0 Å². The highest BCUT2D eigenvalue weighted by atomic mass is 19.1.